The summed E-state index contributed by atoms with van der Waals surface area (Å²) >= 11 is 1.46. The summed E-state index contributed by atoms with van der Waals surface area (Å²) in [6.45, 7) is 0.0194. The molecule has 1 aromatic carbocycles. The van der Waals surface area contributed by atoms with Gasteiger partial charge in [0, 0.05) is 18.7 Å². The zero-order valence-electron chi connectivity index (χ0n) is 10.9. The molecule has 1 fully saturated rings. The number of aromatic nitrogens is 1. The number of fused-ring (bicyclic) bond motifs is 1. The number of amides is 2. The highest BCUT2D eigenvalue weighted by Crippen LogP contribution is 2.23. The van der Waals surface area contributed by atoms with Gasteiger partial charge in [-0.05, 0) is 18.2 Å². The number of anilines is 1. The minimum absolute atomic E-state index is 0.0194. The second kappa shape index (κ2) is 5.30. The number of nitrogens with one attached hydrogen (secondary N) is 1. The molecule has 0 bridgehead atoms. The lowest BCUT2D eigenvalue weighted by Gasteiger charge is -2.21. The molecule has 2 aromatic rings. The quantitative estimate of drug-likeness (QED) is 0.777. The first kappa shape index (κ1) is 13.8. The number of β-amino-alcohol motifs (C(OH)–C–C–N with tert-alkyl or cyclic N) is 1. The second-order valence-electron chi connectivity index (χ2n) is 4.86. The summed E-state index contributed by atoms with van der Waals surface area (Å²) in [6.07, 6.45) is -0.753. The molecule has 3 rings (SSSR count). The van der Waals surface area contributed by atoms with Crippen molar-refractivity contribution in [2.75, 3.05) is 11.9 Å². The minimum Gasteiger partial charge on any atom is -0.480 e. The van der Waals surface area contributed by atoms with Crippen LogP contribution in [0.15, 0.2) is 23.7 Å². The van der Waals surface area contributed by atoms with E-state index in [1.165, 1.54) is 11.3 Å². The van der Waals surface area contributed by atoms with E-state index in [2.05, 4.69) is 10.3 Å². The van der Waals surface area contributed by atoms with Crippen molar-refractivity contribution < 1.29 is 19.8 Å². The first-order valence-electron chi connectivity index (χ1n) is 6.36. The number of hydrogen-bond donors (Lipinski definition) is 3. The van der Waals surface area contributed by atoms with Crippen molar-refractivity contribution in [3.63, 3.8) is 0 Å². The van der Waals surface area contributed by atoms with E-state index in [0.717, 1.165) is 15.1 Å². The highest BCUT2D eigenvalue weighted by atomic mass is 32.1. The smallest absolute Gasteiger partial charge is 0.326 e. The van der Waals surface area contributed by atoms with Gasteiger partial charge in [-0.15, -0.1) is 11.3 Å². The van der Waals surface area contributed by atoms with Crippen molar-refractivity contribution in [3.05, 3.63) is 23.7 Å². The Balaban J connectivity index is 1.77. The number of rotatable bonds is 2. The molecule has 1 aliphatic rings. The first-order valence-corrected chi connectivity index (χ1v) is 7.24. The number of urea groups is 1. The number of aliphatic hydroxyl groups is 1. The third kappa shape index (κ3) is 2.67. The zero-order chi connectivity index (χ0) is 15.0. The summed E-state index contributed by atoms with van der Waals surface area (Å²) in [7, 11) is 0. The highest BCUT2D eigenvalue weighted by Gasteiger charge is 2.38. The Morgan fingerprint density at radius 3 is 3.00 bits per heavy atom. The molecule has 0 unspecified atom stereocenters. The van der Waals surface area contributed by atoms with E-state index in [0.29, 0.717) is 5.69 Å². The number of carbonyl (C=O) groups excluding carboxylic acids is 1. The monoisotopic (exact) mass is 307 g/mol. The van der Waals surface area contributed by atoms with Crippen LogP contribution in [0.5, 0.6) is 0 Å². The van der Waals surface area contributed by atoms with Gasteiger partial charge in [-0.1, -0.05) is 0 Å². The molecule has 2 heterocycles. The van der Waals surface area contributed by atoms with Gasteiger partial charge in [-0.25, -0.2) is 14.6 Å². The van der Waals surface area contributed by atoms with Crippen LogP contribution in [0.2, 0.25) is 0 Å². The van der Waals surface area contributed by atoms with E-state index in [1.807, 2.05) is 0 Å². The van der Waals surface area contributed by atoms with Crippen molar-refractivity contribution in [2.24, 2.45) is 0 Å². The Bertz CT molecular complexity index is 702. The van der Waals surface area contributed by atoms with Crippen molar-refractivity contribution >= 4 is 39.2 Å². The fourth-order valence-corrected chi connectivity index (χ4v) is 3.12. The lowest BCUT2D eigenvalue weighted by atomic mass is 10.2. The molecule has 1 aliphatic heterocycles. The normalized spacial score (nSPS) is 21.7. The van der Waals surface area contributed by atoms with Crippen molar-refractivity contribution in [1.82, 2.24) is 9.88 Å². The molecule has 2 amide bonds. The second-order valence-corrected chi connectivity index (χ2v) is 5.75. The van der Waals surface area contributed by atoms with Gasteiger partial charge < -0.3 is 20.4 Å². The molecule has 0 aliphatic carbocycles. The number of carboxylic acids is 1. The average Bonchev–Trinajstić information content (AvgIpc) is 3.04. The molecule has 21 heavy (non-hydrogen) atoms. The van der Waals surface area contributed by atoms with Crippen LogP contribution in [-0.4, -0.2) is 50.8 Å². The lowest BCUT2D eigenvalue weighted by molar-refractivity contribution is -0.141. The standard InChI is InChI=1S/C13H13N3O4S/c17-8-4-10(12(18)19)16(5-8)13(20)15-7-1-2-9-11(3-7)21-6-14-9/h1-3,6,8,10,17H,4-5H2,(H,15,20)(H,18,19)/t8-,10-/m1/s1. The molecule has 0 saturated carbocycles. The first-order chi connectivity index (χ1) is 10.0. The molecule has 3 N–H and O–H groups in total. The molecule has 110 valence electrons. The average molecular weight is 307 g/mol. The number of nitrogens with zero attached hydrogens (tertiary/aromatic N) is 2. The summed E-state index contributed by atoms with van der Waals surface area (Å²) in [6, 6.07) is 3.76. The Labute approximate surface area is 123 Å². The Morgan fingerprint density at radius 1 is 1.43 bits per heavy atom. The van der Waals surface area contributed by atoms with Crippen molar-refractivity contribution in [3.8, 4) is 0 Å². The third-order valence-electron chi connectivity index (χ3n) is 3.41. The largest absolute Gasteiger partial charge is 0.480 e. The van der Waals surface area contributed by atoms with Crippen molar-refractivity contribution in [1.29, 1.82) is 0 Å². The highest BCUT2D eigenvalue weighted by molar-refractivity contribution is 7.16. The predicted octanol–water partition coefficient (Wildman–Crippen LogP) is 1.35. The Kier molecular flexibility index (Phi) is 3.48. The van der Waals surface area contributed by atoms with Crippen molar-refractivity contribution in [2.45, 2.75) is 18.6 Å². The lowest BCUT2D eigenvalue weighted by Crippen LogP contribution is -2.43. The van der Waals surface area contributed by atoms with Gasteiger partial charge in [0.05, 0.1) is 21.8 Å². The number of thiazole rings is 1. The van der Waals surface area contributed by atoms with E-state index < -0.39 is 24.1 Å². The van der Waals surface area contributed by atoms with Gasteiger partial charge >= 0.3 is 12.0 Å². The molecule has 7 nitrogen and oxygen atoms in total. The van der Waals surface area contributed by atoms with Crippen LogP contribution in [0.25, 0.3) is 10.2 Å². The topological polar surface area (TPSA) is 103 Å². The molecular formula is C13H13N3O4S. The predicted molar refractivity (Wildman–Crippen MR) is 77.4 cm³/mol. The van der Waals surface area contributed by atoms with Gasteiger partial charge in [0.25, 0.3) is 0 Å². The molecule has 8 heteroatoms. The SMILES string of the molecule is O=C(O)[C@H]1C[C@@H](O)CN1C(=O)Nc1ccc2ncsc2c1. The fourth-order valence-electron chi connectivity index (χ4n) is 2.40. The Morgan fingerprint density at radius 2 is 2.24 bits per heavy atom. The van der Waals surface area contributed by atoms with Crippen LogP contribution in [0.4, 0.5) is 10.5 Å². The number of carbonyl (C=O) groups is 2. The summed E-state index contributed by atoms with van der Waals surface area (Å²) in [4.78, 5) is 28.6. The van der Waals surface area contributed by atoms with Gasteiger partial charge in [0.15, 0.2) is 0 Å². The van der Waals surface area contributed by atoms with Gasteiger partial charge in [0.2, 0.25) is 0 Å². The fraction of sp³-hybridized carbons (Fsp3) is 0.308. The number of likely N-dealkylation sites (tertiary alicyclic amines) is 1. The molecule has 0 spiro atoms. The van der Waals surface area contributed by atoms with Gasteiger partial charge in [0.1, 0.15) is 6.04 Å². The van der Waals surface area contributed by atoms with E-state index in [4.69, 9.17) is 5.11 Å². The molecule has 0 radical (unpaired) electrons. The molecular weight excluding hydrogens is 294 g/mol. The van der Waals surface area contributed by atoms with E-state index in [9.17, 15) is 14.7 Å². The van der Waals surface area contributed by atoms with Crippen LogP contribution < -0.4 is 5.32 Å². The number of aliphatic hydroxyl groups excluding tert-OH is 1. The van der Waals surface area contributed by atoms with Crippen LogP contribution >= 0.6 is 11.3 Å². The minimum atomic E-state index is -1.11. The van der Waals surface area contributed by atoms with E-state index >= 15 is 0 Å². The maximum Gasteiger partial charge on any atom is 0.326 e. The molecule has 2 atom stereocenters. The number of hydrogen-bond acceptors (Lipinski definition) is 5. The zero-order valence-corrected chi connectivity index (χ0v) is 11.7. The van der Waals surface area contributed by atoms with Crippen LogP contribution in [0.1, 0.15) is 6.42 Å². The van der Waals surface area contributed by atoms with E-state index in [1.54, 1.807) is 23.7 Å². The van der Waals surface area contributed by atoms with Crippen LogP contribution in [-0.2, 0) is 4.79 Å². The third-order valence-corrected chi connectivity index (χ3v) is 4.20. The van der Waals surface area contributed by atoms with Gasteiger partial charge in [-0.3, -0.25) is 0 Å². The number of aliphatic carboxylic acids is 1. The maximum absolute atomic E-state index is 12.2. The molecule has 1 aromatic heterocycles. The summed E-state index contributed by atoms with van der Waals surface area (Å²) in [5.41, 5.74) is 3.13. The number of benzene rings is 1. The number of carboxylic acid groups (broad SMARTS) is 1. The maximum atomic E-state index is 12.2. The summed E-state index contributed by atoms with van der Waals surface area (Å²) < 4.78 is 0.934. The van der Waals surface area contributed by atoms with E-state index in [-0.39, 0.29) is 13.0 Å². The van der Waals surface area contributed by atoms with Crippen LogP contribution in [0.3, 0.4) is 0 Å². The Hall–Kier alpha value is -2.19. The van der Waals surface area contributed by atoms with Gasteiger partial charge in [-0.2, -0.15) is 0 Å². The summed E-state index contributed by atoms with van der Waals surface area (Å²) in [5, 5.41) is 21.3. The summed E-state index contributed by atoms with van der Waals surface area (Å²) in [5.74, 6) is -1.11. The molecule has 1 saturated heterocycles. The van der Waals surface area contributed by atoms with Crippen LogP contribution in [0, 0.1) is 0 Å².